The Morgan fingerprint density at radius 2 is 1.86 bits per heavy atom. The minimum absolute atomic E-state index is 0.152. The number of esters is 2. The number of benzene rings is 1. The normalized spacial score (nSPS) is 10.6. The number of aromatic nitrogens is 1. The average molecular weight is 309 g/mol. The van der Waals surface area contributed by atoms with Crippen molar-refractivity contribution in [1.29, 1.82) is 0 Å². The second kappa shape index (κ2) is 7.03. The predicted octanol–water partition coefficient (Wildman–Crippen LogP) is 2.17. The maximum absolute atomic E-state index is 11.9. The Bertz CT molecular complexity index is 621. The summed E-state index contributed by atoms with van der Waals surface area (Å²) in [6, 6.07) is 5.29. The molecular weight excluding hydrogens is 294 g/mol. The van der Waals surface area contributed by atoms with Gasteiger partial charge < -0.3 is 14.2 Å². The Morgan fingerprint density at radius 1 is 1.19 bits per heavy atom. The van der Waals surface area contributed by atoms with Crippen molar-refractivity contribution in [2.24, 2.45) is 0 Å². The molecule has 0 radical (unpaired) electrons. The molecular formula is C14H15NO5S. The molecule has 2 aromatic rings. The molecule has 0 fully saturated rings. The van der Waals surface area contributed by atoms with Crippen molar-refractivity contribution in [3.05, 3.63) is 23.7 Å². The smallest absolute Gasteiger partial charge is 0.359 e. The molecule has 0 amide bonds. The quantitative estimate of drug-likeness (QED) is 0.601. The first-order chi connectivity index (χ1) is 10.2. The fourth-order valence-electron chi connectivity index (χ4n) is 1.71. The van der Waals surface area contributed by atoms with Gasteiger partial charge in [0, 0.05) is 0 Å². The molecule has 2 rings (SSSR count). The number of thiazole rings is 1. The van der Waals surface area contributed by atoms with Crippen molar-refractivity contribution in [2.75, 3.05) is 13.2 Å². The summed E-state index contributed by atoms with van der Waals surface area (Å²) in [7, 11) is 0. The van der Waals surface area contributed by atoms with E-state index >= 15 is 0 Å². The molecule has 0 aliphatic heterocycles. The van der Waals surface area contributed by atoms with E-state index in [4.69, 9.17) is 14.2 Å². The van der Waals surface area contributed by atoms with Crippen LogP contribution in [0, 0.1) is 0 Å². The molecule has 21 heavy (non-hydrogen) atoms. The maximum Gasteiger partial charge on any atom is 0.359 e. The fourth-order valence-corrected chi connectivity index (χ4v) is 2.40. The molecule has 0 saturated carbocycles. The largest absolute Gasteiger partial charge is 0.464 e. The molecule has 6 nitrogen and oxygen atoms in total. The van der Waals surface area contributed by atoms with E-state index in [1.54, 1.807) is 31.5 Å². The molecule has 0 bridgehead atoms. The number of ether oxygens (including phenoxy) is 3. The van der Waals surface area contributed by atoms with Gasteiger partial charge in [-0.05, 0) is 26.0 Å². The number of nitrogens with zero attached hydrogens (tertiary/aromatic N) is 1. The van der Waals surface area contributed by atoms with Gasteiger partial charge in [0.15, 0.2) is 0 Å². The third kappa shape index (κ3) is 3.49. The molecule has 1 aromatic carbocycles. The van der Waals surface area contributed by atoms with Crippen LogP contribution in [0.2, 0.25) is 0 Å². The number of carbonyl (C=O) groups is 2. The highest BCUT2D eigenvalue weighted by atomic mass is 32.1. The van der Waals surface area contributed by atoms with E-state index in [9.17, 15) is 9.59 Å². The Kier molecular flexibility index (Phi) is 5.10. The first-order valence-electron chi connectivity index (χ1n) is 6.49. The number of hydrogen-bond donors (Lipinski definition) is 0. The van der Waals surface area contributed by atoms with Crippen LogP contribution < -0.4 is 4.74 Å². The lowest BCUT2D eigenvalue weighted by atomic mass is 10.3. The van der Waals surface area contributed by atoms with Crippen LogP contribution in [0.5, 0.6) is 5.75 Å². The maximum atomic E-state index is 11.9. The monoisotopic (exact) mass is 309 g/mol. The van der Waals surface area contributed by atoms with Gasteiger partial charge in [0.1, 0.15) is 11.3 Å². The van der Waals surface area contributed by atoms with Crippen LogP contribution in [0.15, 0.2) is 23.7 Å². The Hall–Kier alpha value is -2.15. The standard InChI is InChI=1S/C14H15NO5S/c1-3-18-13(16)12(14(17)19-4-2)20-9-6-5-7-10-11(9)15-8-21-10/h5-8,12H,3-4H2,1-2H3. The van der Waals surface area contributed by atoms with E-state index in [-0.39, 0.29) is 13.2 Å². The van der Waals surface area contributed by atoms with Gasteiger partial charge in [-0.1, -0.05) is 6.07 Å². The molecule has 0 aliphatic rings. The van der Waals surface area contributed by atoms with Crippen LogP contribution in [0.3, 0.4) is 0 Å². The zero-order valence-corrected chi connectivity index (χ0v) is 12.5. The molecule has 0 atom stereocenters. The van der Waals surface area contributed by atoms with Crippen LogP contribution in [0.1, 0.15) is 13.8 Å². The second-order valence-corrected chi connectivity index (χ2v) is 4.84. The summed E-state index contributed by atoms with van der Waals surface area (Å²) >= 11 is 1.44. The minimum Gasteiger partial charge on any atom is -0.464 e. The zero-order valence-electron chi connectivity index (χ0n) is 11.7. The molecule has 0 spiro atoms. The van der Waals surface area contributed by atoms with Gasteiger partial charge in [-0.2, -0.15) is 0 Å². The van der Waals surface area contributed by atoms with Gasteiger partial charge in [0.2, 0.25) is 0 Å². The van der Waals surface area contributed by atoms with Gasteiger partial charge in [-0.15, -0.1) is 11.3 Å². The van der Waals surface area contributed by atoms with Gasteiger partial charge in [0.25, 0.3) is 6.10 Å². The zero-order chi connectivity index (χ0) is 15.2. The third-order valence-electron chi connectivity index (χ3n) is 2.57. The van der Waals surface area contributed by atoms with Crippen molar-refractivity contribution in [3.63, 3.8) is 0 Å². The molecule has 1 aromatic heterocycles. The summed E-state index contributed by atoms with van der Waals surface area (Å²) in [6.07, 6.45) is -1.45. The average Bonchev–Trinajstić information content (AvgIpc) is 2.94. The SMILES string of the molecule is CCOC(=O)C(Oc1cccc2scnc12)C(=O)OCC. The lowest BCUT2D eigenvalue weighted by molar-refractivity contribution is -0.166. The number of fused-ring (bicyclic) bond motifs is 1. The van der Waals surface area contributed by atoms with Crippen molar-refractivity contribution < 1.29 is 23.8 Å². The second-order valence-electron chi connectivity index (χ2n) is 3.96. The van der Waals surface area contributed by atoms with Crippen molar-refractivity contribution >= 4 is 33.5 Å². The van der Waals surface area contributed by atoms with Crippen LogP contribution in [0.4, 0.5) is 0 Å². The van der Waals surface area contributed by atoms with Crippen LogP contribution in [-0.2, 0) is 19.1 Å². The summed E-state index contributed by atoms with van der Waals surface area (Å²) < 4.78 is 16.1. The Balaban J connectivity index is 2.27. The van der Waals surface area contributed by atoms with E-state index < -0.39 is 18.0 Å². The van der Waals surface area contributed by atoms with E-state index in [1.807, 2.05) is 6.07 Å². The number of hydrogen-bond acceptors (Lipinski definition) is 7. The molecule has 112 valence electrons. The summed E-state index contributed by atoms with van der Waals surface area (Å²) in [5, 5.41) is 0. The third-order valence-corrected chi connectivity index (χ3v) is 3.36. The molecule has 0 aliphatic carbocycles. The van der Waals surface area contributed by atoms with Crippen molar-refractivity contribution in [1.82, 2.24) is 4.98 Å². The Morgan fingerprint density at radius 3 is 2.48 bits per heavy atom. The topological polar surface area (TPSA) is 74.7 Å². The van der Waals surface area contributed by atoms with E-state index in [0.717, 1.165) is 4.70 Å². The number of rotatable bonds is 6. The van der Waals surface area contributed by atoms with E-state index in [0.29, 0.717) is 11.3 Å². The van der Waals surface area contributed by atoms with Crippen molar-refractivity contribution in [3.8, 4) is 5.75 Å². The van der Waals surface area contributed by atoms with Crippen LogP contribution in [-0.4, -0.2) is 36.2 Å². The van der Waals surface area contributed by atoms with Crippen LogP contribution in [0.25, 0.3) is 10.2 Å². The fraction of sp³-hybridized carbons (Fsp3) is 0.357. The van der Waals surface area contributed by atoms with Gasteiger partial charge in [0.05, 0.1) is 23.4 Å². The minimum atomic E-state index is -1.45. The lowest BCUT2D eigenvalue weighted by Crippen LogP contribution is -2.38. The van der Waals surface area contributed by atoms with Gasteiger partial charge in [-0.3, -0.25) is 0 Å². The van der Waals surface area contributed by atoms with Crippen molar-refractivity contribution in [2.45, 2.75) is 20.0 Å². The summed E-state index contributed by atoms with van der Waals surface area (Å²) in [6.45, 7) is 3.61. The summed E-state index contributed by atoms with van der Waals surface area (Å²) in [4.78, 5) is 27.9. The lowest BCUT2D eigenvalue weighted by Gasteiger charge is -2.16. The Labute approximate surface area is 125 Å². The highest BCUT2D eigenvalue weighted by Gasteiger charge is 2.32. The predicted molar refractivity (Wildman–Crippen MR) is 77.3 cm³/mol. The van der Waals surface area contributed by atoms with E-state index in [2.05, 4.69) is 4.98 Å². The number of para-hydroxylation sites is 1. The highest BCUT2D eigenvalue weighted by Crippen LogP contribution is 2.28. The molecule has 1 heterocycles. The molecule has 0 N–H and O–H groups in total. The molecule has 7 heteroatoms. The molecule has 0 unspecified atom stereocenters. The summed E-state index contributed by atoms with van der Waals surface area (Å²) in [5.41, 5.74) is 2.27. The first kappa shape index (κ1) is 15.2. The van der Waals surface area contributed by atoms with Gasteiger partial charge in [-0.25, -0.2) is 14.6 Å². The van der Waals surface area contributed by atoms with E-state index in [1.165, 1.54) is 11.3 Å². The summed E-state index contributed by atoms with van der Waals surface area (Å²) in [5.74, 6) is -1.20. The van der Waals surface area contributed by atoms with Crippen LogP contribution >= 0.6 is 11.3 Å². The molecule has 0 saturated heterocycles. The number of carbonyl (C=O) groups excluding carboxylic acids is 2. The van der Waals surface area contributed by atoms with Gasteiger partial charge >= 0.3 is 11.9 Å². The highest BCUT2D eigenvalue weighted by molar-refractivity contribution is 7.16. The first-order valence-corrected chi connectivity index (χ1v) is 7.37.